The summed E-state index contributed by atoms with van der Waals surface area (Å²) in [4.78, 5) is 33.1. The molecule has 6 rings (SSSR count). The van der Waals surface area contributed by atoms with Gasteiger partial charge in [-0.15, -0.1) is 11.8 Å². The third-order valence-corrected chi connectivity index (χ3v) is 7.68. The molecule has 5 nitrogen and oxygen atoms in total. The number of anilines is 1. The molecule has 7 heteroatoms. The summed E-state index contributed by atoms with van der Waals surface area (Å²) >= 11 is 7.65. The highest BCUT2D eigenvalue weighted by Crippen LogP contribution is 2.42. The number of fused-ring (bicyclic) bond motifs is 1. The zero-order valence-electron chi connectivity index (χ0n) is 19.0. The SMILES string of the molecule is O=C1CSC(c2ccc(Cl)cc2)N1c1ccc(-n2c(-c3ccccc3)nc3ccccc3c2=O)cc1. The van der Waals surface area contributed by atoms with Crippen LogP contribution in [0.25, 0.3) is 28.0 Å². The van der Waals surface area contributed by atoms with E-state index in [2.05, 4.69) is 0 Å². The van der Waals surface area contributed by atoms with Crippen LogP contribution in [-0.2, 0) is 4.79 Å². The van der Waals surface area contributed by atoms with Crippen LogP contribution in [0.1, 0.15) is 10.9 Å². The first-order valence-electron chi connectivity index (χ1n) is 11.5. The molecule has 36 heavy (non-hydrogen) atoms. The third-order valence-electron chi connectivity index (χ3n) is 6.22. The number of thioether (sulfide) groups is 1. The van der Waals surface area contributed by atoms with Crippen molar-refractivity contribution in [2.75, 3.05) is 10.7 Å². The van der Waals surface area contributed by atoms with Crippen LogP contribution in [0, 0.1) is 0 Å². The van der Waals surface area contributed by atoms with Crippen LogP contribution in [-0.4, -0.2) is 21.2 Å². The number of carbonyl (C=O) groups is 1. The van der Waals surface area contributed by atoms with Crippen molar-refractivity contribution in [2.24, 2.45) is 0 Å². The third kappa shape index (κ3) is 3.98. The van der Waals surface area contributed by atoms with Crippen molar-refractivity contribution in [1.82, 2.24) is 9.55 Å². The number of hydrogen-bond donors (Lipinski definition) is 0. The molecule has 4 aromatic carbocycles. The highest BCUT2D eigenvalue weighted by molar-refractivity contribution is 8.00. The van der Waals surface area contributed by atoms with Gasteiger partial charge in [0.1, 0.15) is 11.2 Å². The second-order valence-electron chi connectivity index (χ2n) is 8.45. The van der Waals surface area contributed by atoms with Gasteiger partial charge in [-0.25, -0.2) is 4.98 Å². The van der Waals surface area contributed by atoms with E-state index in [4.69, 9.17) is 16.6 Å². The fraction of sp³-hybridized carbons (Fsp3) is 0.0690. The maximum Gasteiger partial charge on any atom is 0.266 e. The second-order valence-corrected chi connectivity index (χ2v) is 9.96. The summed E-state index contributed by atoms with van der Waals surface area (Å²) in [7, 11) is 0. The molecule has 176 valence electrons. The summed E-state index contributed by atoms with van der Waals surface area (Å²) in [5.74, 6) is 1.02. The number of carbonyl (C=O) groups excluding carboxylic acids is 1. The van der Waals surface area contributed by atoms with Gasteiger partial charge < -0.3 is 0 Å². The zero-order valence-corrected chi connectivity index (χ0v) is 20.6. The lowest BCUT2D eigenvalue weighted by Crippen LogP contribution is -2.28. The van der Waals surface area contributed by atoms with Gasteiger partial charge in [0.2, 0.25) is 5.91 Å². The lowest BCUT2D eigenvalue weighted by atomic mass is 10.1. The summed E-state index contributed by atoms with van der Waals surface area (Å²) in [6, 6.07) is 32.1. The summed E-state index contributed by atoms with van der Waals surface area (Å²) in [6.45, 7) is 0. The van der Waals surface area contributed by atoms with E-state index >= 15 is 0 Å². The van der Waals surface area contributed by atoms with Crippen molar-refractivity contribution in [1.29, 1.82) is 0 Å². The quantitative estimate of drug-likeness (QED) is 0.278. The molecule has 0 bridgehead atoms. The van der Waals surface area contributed by atoms with Crippen LogP contribution in [0.4, 0.5) is 5.69 Å². The van der Waals surface area contributed by atoms with E-state index in [1.807, 2.05) is 97.1 Å². The van der Waals surface area contributed by atoms with Gasteiger partial charge in [-0.1, -0.05) is 66.2 Å². The molecule has 1 aliphatic rings. The minimum absolute atomic E-state index is 0.0437. The van der Waals surface area contributed by atoms with E-state index in [9.17, 15) is 9.59 Å². The van der Waals surface area contributed by atoms with Gasteiger partial charge in [-0.05, 0) is 54.1 Å². The zero-order chi connectivity index (χ0) is 24.6. The van der Waals surface area contributed by atoms with E-state index in [0.717, 1.165) is 16.8 Å². The predicted octanol–water partition coefficient (Wildman–Crippen LogP) is 6.48. The molecular formula is C29H20ClN3O2S. The van der Waals surface area contributed by atoms with E-state index in [0.29, 0.717) is 33.2 Å². The van der Waals surface area contributed by atoms with Gasteiger partial charge in [-0.3, -0.25) is 19.1 Å². The molecule has 2 heterocycles. The smallest absolute Gasteiger partial charge is 0.266 e. The maximum absolute atomic E-state index is 13.6. The molecule has 1 aromatic heterocycles. The molecule has 0 spiro atoms. The van der Waals surface area contributed by atoms with Gasteiger partial charge in [0.05, 0.1) is 22.3 Å². The molecule has 1 fully saturated rings. The number of halogens is 1. The van der Waals surface area contributed by atoms with Crippen LogP contribution in [0.15, 0.2) is 108 Å². The number of rotatable bonds is 4. The summed E-state index contributed by atoms with van der Waals surface area (Å²) < 4.78 is 1.64. The number of aromatic nitrogens is 2. The van der Waals surface area contributed by atoms with Crippen LogP contribution in [0.5, 0.6) is 0 Å². The molecule has 1 amide bonds. The standard InChI is InChI=1S/C29H20ClN3O2S/c30-21-12-10-20(11-13-21)29-32(26(34)18-36-29)22-14-16-23(17-15-22)33-27(19-6-2-1-3-7-19)31-25-9-5-4-8-24(25)28(33)35/h1-17,29H,18H2. The van der Waals surface area contributed by atoms with Gasteiger partial charge >= 0.3 is 0 Å². The minimum Gasteiger partial charge on any atom is -0.295 e. The molecule has 0 saturated carbocycles. The molecule has 1 saturated heterocycles. The van der Waals surface area contributed by atoms with E-state index in [1.54, 1.807) is 27.3 Å². The van der Waals surface area contributed by atoms with Crippen LogP contribution >= 0.6 is 23.4 Å². The highest BCUT2D eigenvalue weighted by atomic mass is 35.5. The molecule has 1 aliphatic heterocycles. The molecule has 1 atom stereocenters. The first-order chi connectivity index (χ1) is 17.6. The Balaban J connectivity index is 1.45. The molecule has 0 aliphatic carbocycles. The molecule has 1 unspecified atom stereocenters. The lowest BCUT2D eigenvalue weighted by molar-refractivity contribution is -0.115. The monoisotopic (exact) mass is 509 g/mol. The van der Waals surface area contributed by atoms with Crippen molar-refractivity contribution < 1.29 is 4.79 Å². The molecule has 0 N–H and O–H groups in total. The first kappa shape index (κ1) is 22.6. The predicted molar refractivity (Wildman–Crippen MR) is 147 cm³/mol. The molecule has 5 aromatic rings. The average molecular weight is 510 g/mol. The summed E-state index contributed by atoms with van der Waals surface area (Å²) in [5, 5.41) is 1.08. The Morgan fingerprint density at radius 3 is 2.19 bits per heavy atom. The Bertz CT molecular complexity index is 1630. The number of para-hydroxylation sites is 1. The number of nitrogens with zero attached hydrogens (tertiary/aromatic N) is 3. The molecular weight excluding hydrogens is 490 g/mol. The largest absolute Gasteiger partial charge is 0.295 e. The van der Waals surface area contributed by atoms with Gasteiger partial charge in [0.15, 0.2) is 0 Å². The lowest BCUT2D eigenvalue weighted by Gasteiger charge is -2.25. The average Bonchev–Trinajstić information content (AvgIpc) is 3.31. The van der Waals surface area contributed by atoms with E-state index in [-0.39, 0.29) is 16.8 Å². The Labute approximate surface area is 217 Å². The van der Waals surface area contributed by atoms with Gasteiger partial charge in [0, 0.05) is 16.3 Å². The number of benzene rings is 4. The van der Waals surface area contributed by atoms with Gasteiger partial charge in [0.25, 0.3) is 5.56 Å². The normalized spacial score (nSPS) is 15.5. The summed E-state index contributed by atoms with van der Waals surface area (Å²) in [5.41, 5.74) is 3.83. The van der Waals surface area contributed by atoms with Crippen molar-refractivity contribution >= 4 is 45.9 Å². The fourth-order valence-electron chi connectivity index (χ4n) is 4.49. The Hall–Kier alpha value is -3.87. The van der Waals surface area contributed by atoms with Crippen molar-refractivity contribution in [3.05, 3.63) is 124 Å². The number of hydrogen-bond acceptors (Lipinski definition) is 4. The van der Waals surface area contributed by atoms with E-state index < -0.39 is 0 Å². The topological polar surface area (TPSA) is 55.2 Å². The van der Waals surface area contributed by atoms with Crippen molar-refractivity contribution in [2.45, 2.75) is 5.37 Å². The first-order valence-corrected chi connectivity index (χ1v) is 12.9. The fourth-order valence-corrected chi connectivity index (χ4v) is 5.80. The number of amides is 1. The second kappa shape index (κ2) is 9.30. The maximum atomic E-state index is 13.6. The van der Waals surface area contributed by atoms with Crippen LogP contribution in [0.3, 0.4) is 0 Å². The van der Waals surface area contributed by atoms with Crippen molar-refractivity contribution in [3.8, 4) is 17.1 Å². The highest BCUT2D eigenvalue weighted by Gasteiger charge is 2.34. The van der Waals surface area contributed by atoms with Gasteiger partial charge in [-0.2, -0.15) is 0 Å². The summed E-state index contributed by atoms with van der Waals surface area (Å²) in [6.07, 6.45) is 0. The Morgan fingerprint density at radius 2 is 1.44 bits per heavy atom. The molecule has 0 radical (unpaired) electrons. The Kier molecular flexibility index (Phi) is 5.83. The van der Waals surface area contributed by atoms with Crippen LogP contribution in [0.2, 0.25) is 5.02 Å². The van der Waals surface area contributed by atoms with E-state index in [1.165, 1.54) is 0 Å². The Morgan fingerprint density at radius 1 is 0.778 bits per heavy atom. The minimum atomic E-state index is -0.140. The van der Waals surface area contributed by atoms with Crippen molar-refractivity contribution in [3.63, 3.8) is 0 Å². The van der Waals surface area contributed by atoms with Crippen LogP contribution < -0.4 is 10.5 Å².